The maximum Gasteiger partial charge on any atom is 0.252 e. The lowest BCUT2D eigenvalue weighted by atomic mass is 9.74. The highest BCUT2D eigenvalue weighted by atomic mass is 32.1. The topological polar surface area (TPSA) is 87.7 Å². The van der Waals surface area contributed by atoms with Crippen LogP contribution in [0.4, 0.5) is 0 Å². The number of hydrogen-bond acceptors (Lipinski definition) is 4. The molecule has 1 fully saturated rings. The van der Waals surface area contributed by atoms with Crippen LogP contribution in [0, 0.1) is 5.92 Å². The van der Waals surface area contributed by atoms with Crippen molar-refractivity contribution < 1.29 is 10.0 Å². The van der Waals surface area contributed by atoms with E-state index in [4.69, 9.17) is 10.9 Å². The monoisotopic (exact) mass is 295 g/mol. The van der Waals surface area contributed by atoms with Crippen molar-refractivity contribution in [3.63, 3.8) is 0 Å². The van der Waals surface area contributed by atoms with Crippen molar-refractivity contribution in [2.45, 2.75) is 44.6 Å². The van der Waals surface area contributed by atoms with Gasteiger partial charge in [0, 0.05) is 5.38 Å². The molecular weight excluding hydrogens is 274 g/mol. The molecule has 1 heterocycles. The first kappa shape index (κ1) is 14.8. The van der Waals surface area contributed by atoms with Gasteiger partial charge >= 0.3 is 0 Å². The normalized spacial score (nSPS) is 27.2. The van der Waals surface area contributed by atoms with E-state index in [-0.39, 0.29) is 11.7 Å². The molecule has 1 aliphatic carbocycles. The maximum absolute atomic E-state index is 12.3. The molecule has 1 saturated carbocycles. The van der Waals surface area contributed by atoms with Gasteiger partial charge in [-0.1, -0.05) is 18.5 Å². The van der Waals surface area contributed by atoms with Crippen LogP contribution in [0.3, 0.4) is 0 Å². The van der Waals surface area contributed by atoms with E-state index in [1.807, 2.05) is 5.38 Å². The second kappa shape index (κ2) is 6.26. The summed E-state index contributed by atoms with van der Waals surface area (Å²) in [4.78, 5) is 12.3. The third-order valence-electron chi connectivity index (χ3n) is 4.27. The Hall–Kier alpha value is -1.56. The highest BCUT2D eigenvalue weighted by molar-refractivity contribution is 7.08. The lowest BCUT2D eigenvalue weighted by Crippen LogP contribution is -2.59. The van der Waals surface area contributed by atoms with Crippen LogP contribution in [0.25, 0.3) is 0 Å². The SMILES string of the molecule is CCC1CCC(NC(=O)c2ccsc2)(/C(N)=N/O)CC1. The van der Waals surface area contributed by atoms with Crippen molar-refractivity contribution in [2.75, 3.05) is 0 Å². The van der Waals surface area contributed by atoms with Gasteiger partial charge in [-0.3, -0.25) is 4.79 Å². The molecule has 0 radical (unpaired) electrons. The van der Waals surface area contributed by atoms with Gasteiger partial charge in [0.2, 0.25) is 0 Å². The van der Waals surface area contributed by atoms with E-state index >= 15 is 0 Å². The molecule has 5 nitrogen and oxygen atoms in total. The fraction of sp³-hybridized carbons (Fsp3) is 0.571. The molecule has 20 heavy (non-hydrogen) atoms. The Morgan fingerprint density at radius 3 is 2.80 bits per heavy atom. The van der Waals surface area contributed by atoms with Crippen LogP contribution in [0.1, 0.15) is 49.4 Å². The standard InChI is InChI=1S/C14H21N3O2S/c1-2-10-3-6-14(7-4-10,13(15)17-19)16-12(18)11-5-8-20-9-11/h5,8-10,19H,2-4,6-7H2,1H3,(H2,15,17)(H,16,18). The number of nitrogens with zero attached hydrogens (tertiary/aromatic N) is 1. The molecule has 1 aromatic heterocycles. The molecule has 0 spiro atoms. The summed E-state index contributed by atoms with van der Waals surface area (Å²) >= 11 is 1.48. The Bertz CT molecular complexity index is 477. The van der Waals surface area contributed by atoms with E-state index in [1.54, 1.807) is 11.4 Å². The van der Waals surface area contributed by atoms with Gasteiger partial charge in [0.1, 0.15) is 5.54 Å². The van der Waals surface area contributed by atoms with E-state index in [0.717, 1.165) is 32.1 Å². The molecule has 1 aromatic rings. The van der Waals surface area contributed by atoms with Crippen LogP contribution in [0.5, 0.6) is 0 Å². The predicted octanol–water partition coefficient (Wildman–Crippen LogP) is 2.56. The van der Waals surface area contributed by atoms with E-state index < -0.39 is 5.54 Å². The second-order valence-electron chi connectivity index (χ2n) is 5.39. The summed E-state index contributed by atoms with van der Waals surface area (Å²) in [5, 5.41) is 18.8. The molecule has 2 rings (SSSR count). The van der Waals surface area contributed by atoms with Crippen LogP contribution in [0.2, 0.25) is 0 Å². The summed E-state index contributed by atoms with van der Waals surface area (Å²) in [7, 11) is 0. The number of carbonyl (C=O) groups is 1. The molecule has 0 unspecified atom stereocenters. The summed E-state index contributed by atoms with van der Waals surface area (Å²) < 4.78 is 0. The number of amidine groups is 1. The van der Waals surface area contributed by atoms with Gasteiger partial charge in [0.15, 0.2) is 5.84 Å². The zero-order chi connectivity index (χ0) is 14.6. The van der Waals surface area contributed by atoms with Gasteiger partial charge in [-0.25, -0.2) is 0 Å². The molecule has 0 aliphatic heterocycles. The number of amides is 1. The summed E-state index contributed by atoms with van der Waals surface area (Å²) in [6.07, 6.45) is 4.53. The molecule has 0 aromatic carbocycles. The van der Waals surface area contributed by atoms with Crippen molar-refractivity contribution in [1.29, 1.82) is 0 Å². The van der Waals surface area contributed by atoms with Gasteiger partial charge in [-0.15, -0.1) is 0 Å². The number of nitrogens with two attached hydrogens (primary N) is 1. The highest BCUT2D eigenvalue weighted by Crippen LogP contribution is 2.34. The lowest BCUT2D eigenvalue weighted by molar-refractivity contribution is 0.0895. The minimum Gasteiger partial charge on any atom is -0.409 e. The third-order valence-corrected chi connectivity index (χ3v) is 4.95. The number of hydrogen-bond donors (Lipinski definition) is 3. The Morgan fingerprint density at radius 1 is 1.60 bits per heavy atom. The highest BCUT2D eigenvalue weighted by Gasteiger charge is 2.40. The summed E-state index contributed by atoms with van der Waals surface area (Å²) in [5.41, 5.74) is 5.77. The Kier molecular flexibility index (Phi) is 4.65. The van der Waals surface area contributed by atoms with Crippen molar-refractivity contribution in [2.24, 2.45) is 16.8 Å². The van der Waals surface area contributed by atoms with E-state index in [1.165, 1.54) is 11.3 Å². The Labute approximate surface area is 122 Å². The van der Waals surface area contributed by atoms with Gasteiger partial charge < -0.3 is 16.3 Å². The fourth-order valence-electron chi connectivity index (χ4n) is 2.80. The van der Waals surface area contributed by atoms with Crippen LogP contribution >= 0.6 is 11.3 Å². The van der Waals surface area contributed by atoms with Gasteiger partial charge in [0.05, 0.1) is 5.56 Å². The molecule has 1 aliphatic rings. The largest absolute Gasteiger partial charge is 0.409 e. The van der Waals surface area contributed by atoms with Gasteiger partial charge in [0.25, 0.3) is 5.91 Å². The number of rotatable bonds is 4. The number of thiophene rings is 1. The molecule has 4 N–H and O–H groups in total. The fourth-order valence-corrected chi connectivity index (χ4v) is 3.44. The average Bonchev–Trinajstić information content (AvgIpc) is 3.01. The first-order valence-electron chi connectivity index (χ1n) is 6.94. The quantitative estimate of drug-likeness (QED) is 0.345. The zero-order valence-corrected chi connectivity index (χ0v) is 12.4. The van der Waals surface area contributed by atoms with Crippen LogP contribution in [0.15, 0.2) is 22.0 Å². The minimum absolute atomic E-state index is 0.107. The molecule has 110 valence electrons. The summed E-state index contributed by atoms with van der Waals surface area (Å²) in [6.45, 7) is 2.17. The predicted molar refractivity (Wildman–Crippen MR) is 80.2 cm³/mol. The number of oxime groups is 1. The van der Waals surface area contributed by atoms with E-state index in [0.29, 0.717) is 11.5 Å². The average molecular weight is 295 g/mol. The molecule has 0 saturated heterocycles. The van der Waals surface area contributed by atoms with E-state index in [9.17, 15) is 4.79 Å². The van der Waals surface area contributed by atoms with Crippen molar-refractivity contribution in [3.8, 4) is 0 Å². The molecule has 0 bridgehead atoms. The third kappa shape index (κ3) is 2.95. The molecule has 6 heteroatoms. The van der Waals surface area contributed by atoms with Crippen molar-refractivity contribution in [1.82, 2.24) is 5.32 Å². The van der Waals surface area contributed by atoms with Crippen LogP contribution in [-0.4, -0.2) is 22.5 Å². The Balaban J connectivity index is 2.15. The molecular formula is C14H21N3O2S. The first-order valence-corrected chi connectivity index (χ1v) is 7.88. The van der Waals surface area contributed by atoms with Gasteiger partial charge in [-0.2, -0.15) is 11.3 Å². The smallest absolute Gasteiger partial charge is 0.252 e. The zero-order valence-electron chi connectivity index (χ0n) is 11.6. The number of nitrogens with one attached hydrogen (secondary N) is 1. The van der Waals surface area contributed by atoms with Crippen LogP contribution < -0.4 is 11.1 Å². The first-order chi connectivity index (χ1) is 9.61. The van der Waals surface area contributed by atoms with Crippen molar-refractivity contribution in [3.05, 3.63) is 22.4 Å². The van der Waals surface area contributed by atoms with Gasteiger partial charge in [-0.05, 0) is 43.0 Å². The van der Waals surface area contributed by atoms with Crippen molar-refractivity contribution >= 4 is 23.1 Å². The molecule has 1 amide bonds. The maximum atomic E-state index is 12.3. The number of carbonyl (C=O) groups excluding carboxylic acids is 1. The van der Waals surface area contributed by atoms with Crippen LogP contribution in [-0.2, 0) is 0 Å². The second-order valence-corrected chi connectivity index (χ2v) is 6.17. The van der Waals surface area contributed by atoms with E-state index in [2.05, 4.69) is 17.4 Å². The lowest BCUT2D eigenvalue weighted by Gasteiger charge is -2.39. The summed E-state index contributed by atoms with van der Waals surface area (Å²) in [6, 6.07) is 1.78. The summed E-state index contributed by atoms with van der Waals surface area (Å²) in [5.74, 6) is 0.607. The molecule has 0 atom stereocenters. The Morgan fingerprint density at radius 2 is 2.30 bits per heavy atom. The minimum atomic E-state index is -0.709.